The van der Waals surface area contributed by atoms with Gasteiger partial charge in [0.05, 0.1) is 18.2 Å². The van der Waals surface area contributed by atoms with Gasteiger partial charge in [0.1, 0.15) is 6.04 Å². The van der Waals surface area contributed by atoms with Gasteiger partial charge in [0.15, 0.2) is 11.6 Å². The Kier molecular flexibility index (Phi) is 10.6. The summed E-state index contributed by atoms with van der Waals surface area (Å²) in [4.78, 5) is 47.4. The van der Waals surface area contributed by atoms with Gasteiger partial charge in [0.25, 0.3) is 5.91 Å². The summed E-state index contributed by atoms with van der Waals surface area (Å²) in [6, 6.07) is 15.6. The molecule has 5 rings (SSSR count). The molecule has 0 fully saturated rings. The first-order valence-electron chi connectivity index (χ1n) is 15.1. The first-order valence-corrected chi connectivity index (χ1v) is 16.5. The third-order valence-corrected chi connectivity index (χ3v) is 8.33. The largest absolute Gasteiger partial charge is 0.344 e. The number of thioether (sulfide) groups is 1. The minimum absolute atomic E-state index is 0.0371. The summed E-state index contributed by atoms with van der Waals surface area (Å²) in [5, 5.41) is 25.2. The number of rotatable bonds is 7. The van der Waals surface area contributed by atoms with Crippen LogP contribution >= 0.6 is 11.8 Å². The van der Waals surface area contributed by atoms with E-state index in [1.807, 2.05) is 56.5 Å². The van der Waals surface area contributed by atoms with Crippen molar-refractivity contribution < 1.29 is 14.4 Å². The molecule has 0 saturated heterocycles. The average molecular weight is 631 g/mol. The van der Waals surface area contributed by atoms with Gasteiger partial charge in [-0.3, -0.25) is 14.4 Å². The Bertz CT molecular complexity index is 1590. The van der Waals surface area contributed by atoms with E-state index in [0.717, 1.165) is 5.56 Å². The van der Waals surface area contributed by atoms with Gasteiger partial charge in [-0.05, 0) is 42.0 Å². The number of hydrogen-bond acceptors (Lipinski definition) is 9. The molecule has 2 aromatic heterocycles. The van der Waals surface area contributed by atoms with E-state index < -0.39 is 12.1 Å². The number of nitrogens with zero attached hydrogens (tertiary/aromatic N) is 7. The lowest BCUT2D eigenvalue weighted by Gasteiger charge is -2.28. The summed E-state index contributed by atoms with van der Waals surface area (Å²) in [6.45, 7) is 4.95. The van der Waals surface area contributed by atoms with Crippen LogP contribution in [0.5, 0.6) is 0 Å². The van der Waals surface area contributed by atoms with Gasteiger partial charge in [-0.2, -0.15) is 22.1 Å². The van der Waals surface area contributed by atoms with Gasteiger partial charge in [-0.25, -0.2) is 9.67 Å². The minimum Gasteiger partial charge on any atom is -0.344 e. The van der Waals surface area contributed by atoms with Crippen LogP contribution in [0.15, 0.2) is 54.6 Å². The highest BCUT2D eigenvalue weighted by atomic mass is 32.2. The lowest BCUT2D eigenvalue weighted by Crippen LogP contribution is -2.49. The van der Waals surface area contributed by atoms with Crippen LogP contribution in [-0.4, -0.2) is 89.2 Å². The molecule has 1 aliphatic rings. The zero-order valence-corrected chi connectivity index (χ0v) is 26.5. The predicted octanol–water partition coefficient (Wildman–Crippen LogP) is 3.11. The SMILES string of the molecule is CSCC[C@@H]1NC(=O)CCCN(C(=O)c2ccccc2-c2nn[nH]n2)CCn2nc(-c3ccccc3)nc2[C@@H](C(C)C)NC1=O. The second-order valence-electron chi connectivity index (χ2n) is 11.2. The third-order valence-electron chi connectivity index (χ3n) is 7.68. The first-order chi connectivity index (χ1) is 21.9. The molecule has 0 bridgehead atoms. The fraction of sp³-hybridized carbons (Fsp3) is 0.419. The van der Waals surface area contributed by atoms with Crippen molar-refractivity contribution in [2.24, 2.45) is 5.92 Å². The van der Waals surface area contributed by atoms with Gasteiger partial charge in [-0.1, -0.05) is 62.4 Å². The molecule has 13 nitrogen and oxygen atoms in total. The number of carbonyl (C=O) groups is 3. The fourth-order valence-electron chi connectivity index (χ4n) is 5.28. The van der Waals surface area contributed by atoms with Gasteiger partial charge < -0.3 is 15.5 Å². The molecule has 3 amide bonds. The summed E-state index contributed by atoms with van der Waals surface area (Å²) >= 11 is 1.61. The Morgan fingerprint density at radius 3 is 2.51 bits per heavy atom. The van der Waals surface area contributed by atoms with Gasteiger partial charge in [-0.15, -0.1) is 10.2 Å². The van der Waals surface area contributed by atoms with E-state index in [0.29, 0.717) is 66.8 Å². The maximum atomic E-state index is 14.1. The summed E-state index contributed by atoms with van der Waals surface area (Å²) < 4.78 is 1.79. The molecular formula is C31H38N10O3S. The van der Waals surface area contributed by atoms with Gasteiger partial charge in [0, 0.05) is 30.6 Å². The summed E-state index contributed by atoms with van der Waals surface area (Å²) in [5.41, 5.74) is 1.83. The van der Waals surface area contributed by atoms with Crippen molar-refractivity contribution in [1.29, 1.82) is 0 Å². The van der Waals surface area contributed by atoms with E-state index in [1.54, 1.807) is 39.5 Å². The van der Waals surface area contributed by atoms with Crippen molar-refractivity contribution in [1.82, 2.24) is 50.9 Å². The number of carbonyl (C=O) groups excluding carboxylic acids is 3. The van der Waals surface area contributed by atoms with Crippen LogP contribution in [0, 0.1) is 5.92 Å². The normalized spacial score (nSPS) is 18.2. The fourth-order valence-corrected chi connectivity index (χ4v) is 5.76. The van der Waals surface area contributed by atoms with E-state index in [2.05, 4.69) is 31.3 Å². The molecule has 0 radical (unpaired) electrons. The number of nitrogens with one attached hydrogen (secondary N) is 3. The molecule has 0 unspecified atom stereocenters. The number of hydrogen-bond donors (Lipinski definition) is 3. The van der Waals surface area contributed by atoms with Crippen LogP contribution in [0.2, 0.25) is 0 Å². The first kappa shape index (κ1) is 31.8. The topological polar surface area (TPSA) is 164 Å². The Balaban J connectivity index is 1.53. The molecule has 2 atom stereocenters. The van der Waals surface area contributed by atoms with Crippen LogP contribution in [0.25, 0.3) is 22.8 Å². The molecule has 14 heteroatoms. The van der Waals surface area contributed by atoms with Crippen molar-refractivity contribution in [3.05, 3.63) is 66.0 Å². The molecule has 3 N–H and O–H groups in total. The number of amides is 3. The van der Waals surface area contributed by atoms with E-state index in [-0.39, 0.29) is 30.1 Å². The quantitative estimate of drug-likeness (QED) is 0.278. The molecule has 0 saturated carbocycles. The minimum atomic E-state index is -0.696. The monoisotopic (exact) mass is 630 g/mol. The van der Waals surface area contributed by atoms with Crippen LogP contribution in [0.3, 0.4) is 0 Å². The van der Waals surface area contributed by atoms with E-state index in [9.17, 15) is 14.4 Å². The number of aromatic nitrogens is 7. The Morgan fingerprint density at radius 2 is 1.78 bits per heavy atom. The maximum absolute atomic E-state index is 14.1. The van der Waals surface area contributed by atoms with Crippen LogP contribution < -0.4 is 10.6 Å². The van der Waals surface area contributed by atoms with Crippen LogP contribution in [-0.2, 0) is 16.1 Å². The Morgan fingerprint density at radius 1 is 1.00 bits per heavy atom. The molecule has 3 heterocycles. The zero-order valence-electron chi connectivity index (χ0n) is 25.6. The number of aromatic amines is 1. The lowest BCUT2D eigenvalue weighted by molar-refractivity contribution is -0.129. The predicted molar refractivity (Wildman–Crippen MR) is 171 cm³/mol. The second kappa shape index (κ2) is 14.9. The van der Waals surface area contributed by atoms with Crippen molar-refractivity contribution in [3.8, 4) is 22.8 Å². The highest BCUT2D eigenvalue weighted by Crippen LogP contribution is 2.26. The summed E-state index contributed by atoms with van der Waals surface area (Å²) in [6.07, 6.45) is 3.03. The molecule has 0 aliphatic carbocycles. The summed E-state index contributed by atoms with van der Waals surface area (Å²) in [7, 11) is 0. The molecule has 236 valence electrons. The summed E-state index contributed by atoms with van der Waals surface area (Å²) in [5.74, 6) is 1.40. The molecule has 45 heavy (non-hydrogen) atoms. The number of fused-ring (bicyclic) bond motifs is 1. The Hall–Kier alpha value is -4.59. The highest BCUT2D eigenvalue weighted by Gasteiger charge is 2.30. The highest BCUT2D eigenvalue weighted by molar-refractivity contribution is 7.98. The number of H-pyrrole nitrogens is 1. The Labute approximate surface area is 266 Å². The molecule has 2 aromatic carbocycles. The standard InChI is InChI=1S/C31H38N10O3S/c1-20(2)26-29-34-27(21-10-5-4-6-11-21)37-41(29)18-17-40(16-9-14-25(42)32-24(15-19-45-3)30(43)33-26)31(44)23-13-8-7-12-22(23)28-35-38-39-36-28/h4-8,10-13,20,24,26H,9,14-19H2,1-3H3,(H,32,42)(H,33,43)(H,35,36,38,39)/t24-,26+/m0/s1. The van der Waals surface area contributed by atoms with Crippen molar-refractivity contribution in [2.75, 3.05) is 25.1 Å². The van der Waals surface area contributed by atoms with Crippen molar-refractivity contribution in [2.45, 2.75) is 51.7 Å². The van der Waals surface area contributed by atoms with Crippen LogP contribution in [0.1, 0.15) is 55.3 Å². The zero-order chi connectivity index (χ0) is 31.8. The van der Waals surface area contributed by atoms with Crippen molar-refractivity contribution in [3.63, 3.8) is 0 Å². The van der Waals surface area contributed by atoms with E-state index >= 15 is 0 Å². The molecule has 0 spiro atoms. The second-order valence-corrected chi connectivity index (χ2v) is 12.2. The average Bonchev–Trinajstić information content (AvgIpc) is 3.74. The van der Waals surface area contributed by atoms with E-state index in [1.165, 1.54) is 0 Å². The van der Waals surface area contributed by atoms with Crippen LogP contribution in [0.4, 0.5) is 0 Å². The smallest absolute Gasteiger partial charge is 0.254 e. The lowest BCUT2D eigenvalue weighted by atomic mass is 10.0. The van der Waals surface area contributed by atoms with Gasteiger partial charge in [0.2, 0.25) is 17.6 Å². The maximum Gasteiger partial charge on any atom is 0.254 e. The number of tetrazole rings is 1. The number of benzene rings is 2. The molecule has 1 aliphatic heterocycles. The molecule has 4 aromatic rings. The van der Waals surface area contributed by atoms with Crippen molar-refractivity contribution >= 4 is 29.5 Å². The molecular weight excluding hydrogens is 592 g/mol. The van der Waals surface area contributed by atoms with Gasteiger partial charge >= 0.3 is 0 Å². The van der Waals surface area contributed by atoms with E-state index in [4.69, 9.17) is 10.1 Å². The third kappa shape index (κ3) is 7.74.